The zero-order chi connectivity index (χ0) is 20.9. The lowest BCUT2D eigenvalue weighted by molar-refractivity contribution is -0.119. The summed E-state index contributed by atoms with van der Waals surface area (Å²) in [4.78, 5) is 44.1. The van der Waals surface area contributed by atoms with Crippen LogP contribution in [0.15, 0.2) is 10.5 Å². The maximum absolute atomic E-state index is 13.0. The van der Waals surface area contributed by atoms with E-state index in [4.69, 9.17) is 4.42 Å². The lowest BCUT2D eigenvalue weighted by atomic mass is 10.0. The Labute approximate surface area is 172 Å². The van der Waals surface area contributed by atoms with Crippen molar-refractivity contribution < 1.29 is 23.9 Å². The van der Waals surface area contributed by atoms with Gasteiger partial charge in [-0.1, -0.05) is 0 Å². The second-order valence-electron chi connectivity index (χ2n) is 7.42. The number of furan rings is 1. The number of aliphatic hydroxyl groups is 1. The van der Waals surface area contributed by atoms with Crippen LogP contribution in [0.4, 0.5) is 5.00 Å². The molecule has 2 aliphatic heterocycles. The Morgan fingerprint density at radius 3 is 2.69 bits per heavy atom. The standard InChI is InChI=1S/C20H23N3O5S/c1-11-8-14(12(2)28-11)18(26)22-5-4-13-15(9-22)29-20-17(13)19(27)21(3)10-16(25)23(20)6-7-24/h8,24H,4-7,9-10H2,1-3H3. The summed E-state index contributed by atoms with van der Waals surface area (Å²) in [6.45, 7) is 4.40. The molecule has 0 fully saturated rings. The van der Waals surface area contributed by atoms with Gasteiger partial charge in [0.25, 0.3) is 11.8 Å². The molecule has 9 heteroatoms. The first-order chi connectivity index (χ1) is 13.8. The molecule has 4 rings (SSSR count). The first kappa shape index (κ1) is 19.7. The number of carbonyl (C=O) groups excluding carboxylic acids is 3. The van der Waals surface area contributed by atoms with Crippen molar-refractivity contribution in [2.24, 2.45) is 0 Å². The van der Waals surface area contributed by atoms with Crippen LogP contribution >= 0.6 is 11.3 Å². The number of anilines is 1. The van der Waals surface area contributed by atoms with Crippen LogP contribution in [-0.2, 0) is 17.8 Å². The summed E-state index contributed by atoms with van der Waals surface area (Å²) in [5.74, 6) is 0.785. The molecule has 0 atom stereocenters. The number of hydrogen-bond acceptors (Lipinski definition) is 6. The number of amides is 3. The molecule has 0 spiro atoms. The van der Waals surface area contributed by atoms with E-state index >= 15 is 0 Å². The number of hydrogen-bond donors (Lipinski definition) is 1. The van der Waals surface area contributed by atoms with Gasteiger partial charge in [0.15, 0.2) is 0 Å². The molecule has 2 aromatic heterocycles. The third-order valence-electron chi connectivity index (χ3n) is 5.40. The Morgan fingerprint density at radius 2 is 2.03 bits per heavy atom. The second-order valence-corrected chi connectivity index (χ2v) is 8.50. The summed E-state index contributed by atoms with van der Waals surface area (Å²) >= 11 is 1.36. The SMILES string of the molecule is Cc1cc(C(=O)N2CCc3c(sc4c3C(=O)N(C)CC(=O)N4CCO)C2)c(C)o1. The van der Waals surface area contributed by atoms with Crippen LogP contribution in [0.3, 0.4) is 0 Å². The number of β-amino-alcohol motifs (C(OH)–C–C–N with tert-alkyl or cyclic N) is 1. The molecule has 2 aromatic rings. The van der Waals surface area contributed by atoms with Gasteiger partial charge >= 0.3 is 0 Å². The molecule has 0 aliphatic carbocycles. The summed E-state index contributed by atoms with van der Waals surface area (Å²) in [6.07, 6.45) is 0.545. The monoisotopic (exact) mass is 417 g/mol. The summed E-state index contributed by atoms with van der Waals surface area (Å²) < 4.78 is 5.49. The van der Waals surface area contributed by atoms with Gasteiger partial charge < -0.3 is 19.3 Å². The summed E-state index contributed by atoms with van der Waals surface area (Å²) in [5.41, 5.74) is 2.00. The average Bonchev–Trinajstić information content (AvgIpc) is 3.20. The van der Waals surface area contributed by atoms with Gasteiger partial charge in [0, 0.05) is 25.0 Å². The van der Waals surface area contributed by atoms with Gasteiger partial charge in [-0.15, -0.1) is 11.3 Å². The Morgan fingerprint density at radius 1 is 1.28 bits per heavy atom. The van der Waals surface area contributed by atoms with Crippen molar-refractivity contribution in [2.75, 3.05) is 38.2 Å². The highest BCUT2D eigenvalue weighted by atomic mass is 32.1. The van der Waals surface area contributed by atoms with Crippen molar-refractivity contribution in [3.8, 4) is 0 Å². The predicted octanol–water partition coefficient (Wildman–Crippen LogP) is 1.57. The van der Waals surface area contributed by atoms with Crippen molar-refractivity contribution >= 4 is 34.1 Å². The van der Waals surface area contributed by atoms with Gasteiger partial charge in [-0.25, -0.2) is 0 Å². The van der Waals surface area contributed by atoms with E-state index in [0.717, 1.165) is 10.4 Å². The first-order valence-corrected chi connectivity index (χ1v) is 10.3. The van der Waals surface area contributed by atoms with Gasteiger partial charge in [0.05, 0.1) is 24.3 Å². The molecule has 0 radical (unpaired) electrons. The number of thiophene rings is 1. The number of aliphatic hydroxyl groups excluding tert-OH is 1. The highest BCUT2D eigenvalue weighted by molar-refractivity contribution is 7.17. The topological polar surface area (TPSA) is 94.3 Å². The van der Waals surface area contributed by atoms with Crippen molar-refractivity contribution in [1.29, 1.82) is 0 Å². The number of rotatable bonds is 3. The average molecular weight is 417 g/mol. The van der Waals surface area contributed by atoms with E-state index in [-0.39, 0.29) is 37.4 Å². The number of fused-ring (bicyclic) bond motifs is 3. The molecular weight excluding hydrogens is 394 g/mol. The minimum Gasteiger partial charge on any atom is -0.466 e. The van der Waals surface area contributed by atoms with E-state index < -0.39 is 0 Å². The van der Waals surface area contributed by atoms with E-state index in [1.54, 1.807) is 24.9 Å². The molecule has 154 valence electrons. The van der Waals surface area contributed by atoms with Crippen LogP contribution < -0.4 is 4.90 Å². The van der Waals surface area contributed by atoms with Crippen molar-refractivity contribution in [3.05, 3.63) is 39.2 Å². The van der Waals surface area contributed by atoms with Crippen molar-refractivity contribution in [1.82, 2.24) is 9.80 Å². The number of likely N-dealkylation sites (N-methyl/N-ethyl adjacent to an activating group) is 1. The van der Waals surface area contributed by atoms with Crippen LogP contribution in [0.5, 0.6) is 0 Å². The van der Waals surface area contributed by atoms with Gasteiger partial charge in [-0.2, -0.15) is 0 Å². The van der Waals surface area contributed by atoms with Gasteiger partial charge in [-0.3, -0.25) is 19.3 Å². The van der Waals surface area contributed by atoms with Crippen LogP contribution in [0.25, 0.3) is 0 Å². The van der Waals surface area contributed by atoms with Crippen LogP contribution in [0.1, 0.15) is 42.7 Å². The Kier molecular flexibility index (Phi) is 4.95. The van der Waals surface area contributed by atoms with Gasteiger partial charge in [0.2, 0.25) is 5.91 Å². The molecule has 0 aromatic carbocycles. The van der Waals surface area contributed by atoms with Crippen LogP contribution in [0, 0.1) is 13.8 Å². The largest absolute Gasteiger partial charge is 0.466 e. The van der Waals surface area contributed by atoms with E-state index in [9.17, 15) is 19.5 Å². The number of aryl methyl sites for hydroxylation is 2. The predicted molar refractivity (Wildman–Crippen MR) is 107 cm³/mol. The van der Waals surface area contributed by atoms with Crippen molar-refractivity contribution in [2.45, 2.75) is 26.8 Å². The third kappa shape index (κ3) is 3.24. The van der Waals surface area contributed by atoms with E-state index in [1.165, 1.54) is 21.1 Å². The molecule has 0 unspecified atom stereocenters. The molecule has 4 heterocycles. The molecule has 2 aliphatic rings. The minimum absolute atomic E-state index is 0.0151. The number of nitrogens with zero attached hydrogens (tertiary/aromatic N) is 3. The maximum Gasteiger partial charge on any atom is 0.257 e. The van der Waals surface area contributed by atoms with Crippen molar-refractivity contribution in [3.63, 3.8) is 0 Å². The molecule has 0 bridgehead atoms. The second kappa shape index (κ2) is 7.31. The Hall–Kier alpha value is -2.65. The third-order valence-corrected chi connectivity index (χ3v) is 6.64. The molecular formula is C20H23N3O5S. The molecule has 0 saturated heterocycles. The summed E-state index contributed by atoms with van der Waals surface area (Å²) in [5, 5.41) is 9.98. The minimum atomic E-state index is -0.218. The fourth-order valence-corrected chi connectivity index (χ4v) is 5.37. The molecule has 8 nitrogen and oxygen atoms in total. The number of carbonyl (C=O) groups is 3. The lowest BCUT2D eigenvalue weighted by Gasteiger charge is -2.27. The molecule has 1 N–H and O–H groups in total. The molecule has 29 heavy (non-hydrogen) atoms. The Balaban J connectivity index is 1.70. The zero-order valence-corrected chi connectivity index (χ0v) is 17.5. The lowest BCUT2D eigenvalue weighted by Crippen LogP contribution is -2.39. The highest BCUT2D eigenvalue weighted by Crippen LogP contribution is 2.41. The molecule has 0 saturated carbocycles. The fraction of sp³-hybridized carbons (Fsp3) is 0.450. The zero-order valence-electron chi connectivity index (χ0n) is 16.7. The molecule has 3 amide bonds. The van der Waals surface area contributed by atoms with E-state index in [2.05, 4.69) is 0 Å². The van der Waals surface area contributed by atoms with E-state index in [1.807, 2.05) is 6.92 Å². The smallest absolute Gasteiger partial charge is 0.257 e. The van der Waals surface area contributed by atoms with Gasteiger partial charge in [0.1, 0.15) is 23.1 Å². The first-order valence-electron chi connectivity index (χ1n) is 9.49. The van der Waals surface area contributed by atoms with Crippen LogP contribution in [0.2, 0.25) is 0 Å². The maximum atomic E-state index is 13.0. The van der Waals surface area contributed by atoms with E-state index in [0.29, 0.717) is 47.2 Å². The quantitative estimate of drug-likeness (QED) is 0.818. The van der Waals surface area contributed by atoms with Crippen LogP contribution in [-0.4, -0.2) is 65.9 Å². The van der Waals surface area contributed by atoms with Gasteiger partial charge in [-0.05, 0) is 31.9 Å². The highest BCUT2D eigenvalue weighted by Gasteiger charge is 2.37. The Bertz CT molecular complexity index is 1010. The summed E-state index contributed by atoms with van der Waals surface area (Å²) in [6, 6.07) is 1.75. The fourth-order valence-electron chi connectivity index (χ4n) is 3.98. The normalized spacial score (nSPS) is 16.8. The summed E-state index contributed by atoms with van der Waals surface area (Å²) in [7, 11) is 1.61.